The van der Waals surface area contributed by atoms with Crippen molar-refractivity contribution in [1.82, 2.24) is 4.98 Å². The Hall–Kier alpha value is -0.827. The fraction of sp³-hybridized carbons (Fsp3) is 0. The van der Waals surface area contributed by atoms with Crippen molar-refractivity contribution in [2.45, 2.75) is 0 Å². The van der Waals surface area contributed by atoms with Crippen molar-refractivity contribution in [3.05, 3.63) is 29.8 Å². The van der Waals surface area contributed by atoms with Gasteiger partial charge < -0.3 is 5.11 Å². The molecule has 1 heterocycles. The smallest absolute Gasteiger partial charge is 0.354 e. The molecule has 0 aliphatic carbocycles. The Morgan fingerprint density at radius 1 is 1.64 bits per heavy atom. The van der Waals surface area contributed by atoms with Gasteiger partial charge in [0, 0.05) is 31.7 Å². The normalized spacial score (nSPS) is 8.45. The SMILES string of the molecule is O=C(O)c1cc(F)ccn1.[Zn]. The van der Waals surface area contributed by atoms with Gasteiger partial charge in [0.2, 0.25) is 0 Å². The molecule has 0 saturated carbocycles. The molecule has 0 bridgehead atoms. The van der Waals surface area contributed by atoms with E-state index >= 15 is 0 Å². The van der Waals surface area contributed by atoms with E-state index in [9.17, 15) is 9.18 Å². The van der Waals surface area contributed by atoms with Gasteiger partial charge in [0.25, 0.3) is 0 Å². The molecule has 1 rings (SSSR count). The Morgan fingerprint density at radius 2 is 2.27 bits per heavy atom. The third-order valence-corrected chi connectivity index (χ3v) is 0.941. The van der Waals surface area contributed by atoms with E-state index in [1.807, 2.05) is 0 Å². The maximum Gasteiger partial charge on any atom is 0.354 e. The summed E-state index contributed by atoms with van der Waals surface area (Å²) in [7, 11) is 0. The van der Waals surface area contributed by atoms with Crippen molar-refractivity contribution in [3.8, 4) is 0 Å². The first-order valence-corrected chi connectivity index (χ1v) is 2.55. The first kappa shape index (κ1) is 10.2. The second kappa shape index (κ2) is 4.14. The monoisotopic (exact) mass is 205 g/mol. The van der Waals surface area contributed by atoms with Gasteiger partial charge in [0.15, 0.2) is 5.69 Å². The van der Waals surface area contributed by atoms with Gasteiger partial charge >= 0.3 is 5.97 Å². The Bertz CT molecular complexity index is 267. The van der Waals surface area contributed by atoms with Crippen LogP contribution in [0.1, 0.15) is 10.5 Å². The van der Waals surface area contributed by atoms with Crippen LogP contribution in [0, 0.1) is 5.82 Å². The minimum Gasteiger partial charge on any atom is -0.477 e. The molecule has 0 saturated heterocycles. The van der Waals surface area contributed by atoms with Crippen LogP contribution in [0.15, 0.2) is 18.3 Å². The summed E-state index contributed by atoms with van der Waals surface area (Å²) in [4.78, 5) is 13.5. The third-order valence-electron chi connectivity index (χ3n) is 0.941. The van der Waals surface area contributed by atoms with Crippen molar-refractivity contribution in [3.63, 3.8) is 0 Å². The predicted octanol–water partition coefficient (Wildman–Crippen LogP) is 0.916. The average molecular weight is 206 g/mol. The molecule has 0 fully saturated rings. The Morgan fingerprint density at radius 3 is 2.64 bits per heavy atom. The maximum absolute atomic E-state index is 12.2. The summed E-state index contributed by atoms with van der Waals surface area (Å²) >= 11 is 0. The third kappa shape index (κ3) is 2.72. The first-order chi connectivity index (χ1) is 4.70. The molecule has 0 aliphatic heterocycles. The van der Waals surface area contributed by atoms with Gasteiger partial charge in [-0.2, -0.15) is 0 Å². The number of aromatic carboxylic acids is 1. The second-order valence-corrected chi connectivity index (χ2v) is 1.66. The molecule has 1 N–H and O–H groups in total. The van der Waals surface area contributed by atoms with Gasteiger partial charge in [-0.05, 0) is 6.07 Å². The second-order valence-electron chi connectivity index (χ2n) is 1.66. The summed E-state index contributed by atoms with van der Waals surface area (Å²) in [5.74, 6) is -1.81. The number of nitrogens with zero attached hydrogens (tertiary/aromatic N) is 1. The van der Waals surface area contributed by atoms with Gasteiger partial charge in [0.1, 0.15) is 5.82 Å². The number of carbonyl (C=O) groups is 1. The van der Waals surface area contributed by atoms with Crippen LogP contribution < -0.4 is 0 Å². The van der Waals surface area contributed by atoms with E-state index in [4.69, 9.17) is 5.11 Å². The molecule has 11 heavy (non-hydrogen) atoms. The molecule has 0 aliphatic rings. The van der Waals surface area contributed by atoms with Gasteiger partial charge in [-0.3, -0.25) is 0 Å². The van der Waals surface area contributed by atoms with E-state index in [1.165, 1.54) is 0 Å². The zero-order valence-electron chi connectivity index (χ0n) is 5.62. The van der Waals surface area contributed by atoms with Gasteiger partial charge in [-0.1, -0.05) is 0 Å². The van der Waals surface area contributed by atoms with E-state index in [2.05, 4.69) is 4.98 Å². The van der Waals surface area contributed by atoms with E-state index in [0.29, 0.717) is 0 Å². The molecule has 0 radical (unpaired) electrons. The van der Waals surface area contributed by atoms with Crippen LogP contribution in [0.5, 0.6) is 0 Å². The van der Waals surface area contributed by atoms with Gasteiger partial charge in [-0.15, -0.1) is 0 Å². The number of hydrogen-bond acceptors (Lipinski definition) is 2. The first-order valence-electron chi connectivity index (χ1n) is 2.55. The van der Waals surface area contributed by atoms with Crippen molar-refractivity contribution in [1.29, 1.82) is 0 Å². The van der Waals surface area contributed by atoms with Crippen LogP contribution in [0.3, 0.4) is 0 Å². The Kier molecular flexibility index (Phi) is 3.82. The summed E-state index contributed by atoms with van der Waals surface area (Å²) < 4.78 is 12.2. The van der Waals surface area contributed by atoms with Crippen LogP contribution in [0.25, 0.3) is 0 Å². The molecule has 0 spiro atoms. The number of carboxylic acids is 1. The molecular formula is C6H4FNO2Zn. The van der Waals surface area contributed by atoms with Crippen molar-refractivity contribution >= 4 is 5.97 Å². The van der Waals surface area contributed by atoms with Crippen molar-refractivity contribution in [2.75, 3.05) is 0 Å². The number of rotatable bonds is 1. The van der Waals surface area contributed by atoms with E-state index in [-0.39, 0.29) is 25.2 Å². The predicted molar refractivity (Wildman–Crippen MR) is 31.2 cm³/mol. The minimum atomic E-state index is -1.22. The fourth-order valence-corrected chi connectivity index (χ4v) is 0.522. The number of aromatic nitrogens is 1. The van der Waals surface area contributed by atoms with Crippen molar-refractivity contribution < 1.29 is 33.8 Å². The van der Waals surface area contributed by atoms with Gasteiger partial charge in [0.05, 0.1) is 0 Å². The van der Waals surface area contributed by atoms with E-state index in [0.717, 1.165) is 18.3 Å². The summed E-state index contributed by atoms with van der Waals surface area (Å²) in [5.41, 5.74) is -0.278. The van der Waals surface area contributed by atoms with Crippen molar-refractivity contribution in [2.24, 2.45) is 0 Å². The molecular weight excluding hydrogens is 202 g/mol. The zero-order chi connectivity index (χ0) is 7.56. The maximum atomic E-state index is 12.2. The molecule has 3 nitrogen and oxygen atoms in total. The van der Waals surface area contributed by atoms with E-state index in [1.54, 1.807) is 0 Å². The Labute approximate surface area is 75.0 Å². The largest absolute Gasteiger partial charge is 0.477 e. The quantitative estimate of drug-likeness (QED) is 0.695. The summed E-state index contributed by atoms with van der Waals surface area (Å²) in [6.07, 6.45) is 1.11. The molecule has 1 aromatic heterocycles. The van der Waals surface area contributed by atoms with Crippen LogP contribution in [0.4, 0.5) is 4.39 Å². The zero-order valence-corrected chi connectivity index (χ0v) is 8.59. The van der Waals surface area contributed by atoms with Crippen LogP contribution in [0.2, 0.25) is 0 Å². The summed E-state index contributed by atoms with van der Waals surface area (Å²) in [6, 6.07) is 1.95. The molecule has 1 aromatic rings. The fourth-order valence-electron chi connectivity index (χ4n) is 0.522. The summed E-state index contributed by atoms with van der Waals surface area (Å²) in [6.45, 7) is 0. The molecule has 0 aromatic carbocycles. The minimum absolute atomic E-state index is 0. The van der Waals surface area contributed by atoms with Crippen LogP contribution >= 0.6 is 0 Å². The molecule has 0 amide bonds. The number of pyridine rings is 1. The standard InChI is InChI=1S/C6H4FNO2.Zn/c7-4-1-2-8-5(3-4)6(9)10;/h1-3H,(H,9,10);. The number of hydrogen-bond donors (Lipinski definition) is 1. The van der Waals surface area contributed by atoms with Gasteiger partial charge in [-0.25, -0.2) is 14.2 Å². The topological polar surface area (TPSA) is 50.2 Å². The molecule has 0 atom stereocenters. The van der Waals surface area contributed by atoms with Crippen LogP contribution in [-0.4, -0.2) is 16.1 Å². The molecule has 0 unspecified atom stereocenters. The number of carboxylic acid groups (broad SMARTS) is 1. The molecule has 5 heteroatoms. The Balaban J connectivity index is 0.000001000. The van der Waals surface area contributed by atoms with E-state index < -0.39 is 11.8 Å². The number of halogens is 1. The summed E-state index contributed by atoms with van der Waals surface area (Å²) in [5, 5.41) is 8.28. The average Bonchev–Trinajstić information content (AvgIpc) is 1.88. The molecule has 54 valence electrons. The van der Waals surface area contributed by atoms with Crippen LogP contribution in [-0.2, 0) is 19.5 Å².